The number of carbonyl (C=O) groups is 1. The van der Waals surface area contributed by atoms with Gasteiger partial charge in [0.2, 0.25) is 5.91 Å². The minimum atomic E-state index is -0.222. The first-order chi connectivity index (χ1) is 13.9. The normalized spacial score (nSPS) is 11.2. The van der Waals surface area contributed by atoms with Crippen LogP contribution in [0.4, 0.5) is 4.39 Å². The maximum Gasteiger partial charge on any atom is 0.220 e. The van der Waals surface area contributed by atoms with Crippen molar-refractivity contribution >= 4 is 28.7 Å². The number of benzene rings is 1. The SMILES string of the molecule is Cc1nc2c(c(C)nn2C)c(C)c1CCC(=O)NCCCSc1ccc(F)cc1. The molecule has 0 aliphatic rings. The highest BCUT2D eigenvalue weighted by Crippen LogP contribution is 2.26. The lowest BCUT2D eigenvalue weighted by Gasteiger charge is -2.11. The summed E-state index contributed by atoms with van der Waals surface area (Å²) in [6, 6.07) is 6.48. The van der Waals surface area contributed by atoms with E-state index in [1.807, 2.05) is 25.6 Å². The average molecular weight is 415 g/mol. The largest absolute Gasteiger partial charge is 0.356 e. The number of rotatable bonds is 8. The third kappa shape index (κ3) is 5.15. The standard InChI is InChI=1S/C22H27FN4OS/c1-14-19(15(2)25-22-21(14)16(3)26-27(22)4)10-11-20(28)24-12-5-13-29-18-8-6-17(23)7-9-18/h6-9H,5,10-13H2,1-4H3,(H,24,28). The number of hydrogen-bond acceptors (Lipinski definition) is 4. The maximum atomic E-state index is 12.9. The Bertz CT molecular complexity index is 1010. The highest BCUT2D eigenvalue weighted by Gasteiger charge is 2.16. The van der Waals surface area contributed by atoms with Crippen LogP contribution in [0.25, 0.3) is 11.0 Å². The van der Waals surface area contributed by atoms with E-state index in [4.69, 9.17) is 4.98 Å². The van der Waals surface area contributed by atoms with Crippen molar-refractivity contribution < 1.29 is 9.18 Å². The zero-order chi connectivity index (χ0) is 21.0. The molecule has 0 saturated heterocycles. The molecule has 0 saturated carbocycles. The maximum absolute atomic E-state index is 12.9. The summed E-state index contributed by atoms with van der Waals surface area (Å²) in [5, 5.41) is 8.55. The Labute approximate surface area is 175 Å². The molecule has 0 aliphatic heterocycles. The molecule has 3 rings (SSSR count). The molecule has 3 aromatic rings. The van der Waals surface area contributed by atoms with E-state index in [-0.39, 0.29) is 11.7 Å². The summed E-state index contributed by atoms with van der Waals surface area (Å²) < 4.78 is 14.7. The number of carbonyl (C=O) groups excluding carboxylic acids is 1. The molecule has 1 aromatic carbocycles. The molecule has 0 spiro atoms. The molecule has 0 unspecified atom stereocenters. The van der Waals surface area contributed by atoms with Gasteiger partial charge in [0.05, 0.1) is 5.69 Å². The van der Waals surface area contributed by atoms with Crippen LogP contribution in [0.5, 0.6) is 0 Å². The first kappa shape index (κ1) is 21.3. The summed E-state index contributed by atoms with van der Waals surface area (Å²) in [5.74, 6) is 0.712. The van der Waals surface area contributed by atoms with Crippen molar-refractivity contribution in [3.05, 3.63) is 52.6 Å². The van der Waals surface area contributed by atoms with Gasteiger partial charge in [0.25, 0.3) is 0 Å². The minimum absolute atomic E-state index is 0.0542. The molecule has 0 aliphatic carbocycles. The van der Waals surface area contributed by atoms with Gasteiger partial charge in [-0.2, -0.15) is 5.10 Å². The van der Waals surface area contributed by atoms with E-state index in [2.05, 4.69) is 17.3 Å². The second kappa shape index (κ2) is 9.39. The number of amides is 1. The summed E-state index contributed by atoms with van der Waals surface area (Å²) in [4.78, 5) is 18.0. The molecule has 1 N–H and O–H groups in total. The fraction of sp³-hybridized carbons (Fsp3) is 0.409. The fourth-order valence-electron chi connectivity index (χ4n) is 3.58. The van der Waals surface area contributed by atoms with Gasteiger partial charge >= 0.3 is 0 Å². The monoisotopic (exact) mass is 414 g/mol. The van der Waals surface area contributed by atoms with Gasteiger partial charge in [-0.3, -0.25) is 9.48 Å². The van der Waals surface area contributed by atoms with Gasteiger partial charge in [-0.1, -0.05) is 0 Å². The third-order valence-electron chi connectivity index (χ3n) is 5.06. The van der Waals surface area contributed by atoms with Crippen LogP contribution >= 0.6 is 11.8 Å². The molecule has 1 amide bonds. The molecule has 0 bridgehead atoms. The van der Waals surface area contributed by atoms with Crippen LogP contribution in [0, 0.1) is 26.6 Å². The van der Waals surface area contributed by atoms with Crippen LogP contribution in [-0.4, -0.2) is 33.0 Å². The zero-order valence-corrected chi connectivity index (χ0v) is 18.2. The van der Waals surface area contributed by atoms with Crippen LogP contribution in [0.2, 0.25) is 0 Å². The summed E-state index contributed by atoms with van der Waals surface area (Å²) in [5.41, 5.74) is 5.12. The van der Waals surface area contributed by atoms with Crippen molar-refractivity contribution in [2.24, 2.45) is 7.05 Å². The van der Waals surface area contributed by atoms with Crippen molar-refractivity contribution in [3.8, 4) is 0 Å². The summed E-state index contributed by atoms with van der Waals surface area (Å²) in [6.45, 7) is 6.72. The van der Waals surface area contributed by atoms with Crippen LogP contribution < -0.4 is 5.32 Å². The zero-order valence-electron chi connectivity index (χ0n) is 17.4. The van der Waals surface area contributed by atoms with Gasteiger partial charge in [0.15, 0.2) is 5.65 Å². The molecular formula is C22H27FN4OS. The van der Waals surface area contributed by atoms with Crippen LogP contribution in [-0.2, 0) is 18.3 Å². The highest BCUT2D eigenvalue weighted by atomic mass is 32.2. The number of pyridine rings is 1. The Morgan fingerprint density at radius 1 is 1.17 bits per heavy atom. The first-order valence-electron chi connectivity index (χ1n) is 9.81. The Morgan fingerprint density at radius 2 is 1.90 bits per heavy atom. The molecule has 7 heteroatoms. The predicted octanol–water partition coefficient (Wildman–Crippen LogP) is 4.26. The van der Waals surface area contributed by atoms with Gasteiger partial charge in [-0.15, -0.1) is 11.8 Å². The summed E-state index contributed by atoms with van der Waals surface area (Å²) in [7, 11) is 1.91. The second-order valence-electron chi connectivity index (χ2n) is 7.21. The lowest BCUT2D eigenvalue weighted by Crippen LogP contribution is -2.25. The Morgan fingerprint density at radius 3 is 2.62 bits per heavy atom. The second-order valence-corrected chi connectivity index (χ2v) is 8.38. The quantitative estimate of drug-likeness (QED) is 0.442. The Balaban J connectivity index is 1.47. The first-order valence-corrected chi connectivity index (χ1v) is 10.8. The molecule has 2 aromatic heterocycles. The molecule has 0 radical (unpaired) electrons. The summed E-state index contributed by atoms with van der Waals surface area (Å²) >= 11 is 1.67. The average Bonchev–Trinajstić information content (AvgIpc) is 2.96. The number of nitrogens with zero attached hydrogens (tertiary/aromatic N) is 3. The highest BCUT2D eigenvalue weighted by molar-refractivity contribution is 7.99. The van der Waals surface area contributed by atoms with Crippen molar-refractivity contribution in [1.29, 1.82) is 0 Å². The Hall–Kier alpha value is -2.41. The number of hydrogen-bond donors (Lipinski definition) is 1. The summed E-state index contributed by atoms with van der Waals surface area (Å²) in [6.07, 6.45) is 1.98. The molecular weight excluding hydrogens is 387 g/mol. The lowest BCUT2D eigenvalue weighted by molar-refractivity contribution is -0.121. The third-order valence-corrected chi connectivity index (χ3v) is 6.16. The molecule has 0 atom stereocenters. The smallest absolute Gasteiger partial charge is 0.220 e. The van der Waals surface area contributed by atoms with Crippen molar-refractivity contribution in [2.45, 2.75) is 44.9 Å². The fourth-order valence-corrected chi connectivity index (χ4v) is 4.43. The van der Waals surface area contributed by atoms with Crippen LogP contribution in [0.1, 0.15) is 35.4 Å². The number of halogens is 1. The van der Waals surface area contributed by atoms with Crippen molar-refractivity contribution in [3.63, 3.8) is 0 Å². The predicted molar refractivity (Wildman–Crippen MR) is 116 cm³/mol. The Kier molecular flexibility index (Phi) is 6.90. The van der Waals surface area contributed by atoms with E-state index in [9.17, 15) is 9.18 Å². The van der Waals surface area contributed by atoms with Crippen LogP contribution in [0.3, 0.4) is 0 Å². The van der Waals surface area contributed by atoms with E-state index in [1.165, 1.54) is 17.7 Å². The van der Waals surface area contributed by atoms with E-state index in [1.54, 1.807) is 23.9 Å². The van der Waals surface area contributed by atoms with Gasteiger partial charge in [0.1, 0.15) is 5.82 Å². The van der Waals surface area contributed by atoms with Crippen molar-refractivity contribution in [2.75, 3.05) is 12.3 Å². The van der Waals surface area contributed by atoms with Gasteiger partial charge in [-0.25, -0.2) is 9.37 Å². The van der Waals surface area contributed by atoms with Crippen molar-refractivity contribution in [1.82, 2.24) is 20.1 Å². The van der Waals surface area contributed by atoms with Gasteiger partial charge < -0.3 is 5.32 Å². The minimum Gasteiger partial charge on any atom is -0.356 e. The molecule has 154 valence electrons. The number of aromatic nitrogens is 3. The molecule has 2 heterocycles. The molecule has 5 nitrogen and oxygen atoms in total. The van der Waals surface area contributed by atoms with E-state index >= 15 is 0 Å². The van der Waals surface area contributed by atoms with E-state index < -0.39 is 0 Å². The molecule has 29 heavy (non-hydrogen) atoms. The molecule has 0 fully saturated rings. The topological polar surface area (TPSA) is 59.8 Å². The number of thioether (sulfide) groups is 1. The number of aryl methyl sites for hydroxylation is 4. The number of fused-ring (bicyclic) bond motifs is 1. The van der Waals surface area contributed by atoms with Crippen LogP contribution in [0.15, 0.2) is 29.2 Å². The van der Waals surface area contributed by atoms with E-state index in [0.29, 0.717) is 19.4 Å². The van der Waals surface area contributed by atoms with Gasteiger partial charge in [0, 0.05) is 36.0 Å². The number of nitrogens with one attached hydrogen (secondary N) is 1. The van der Waals surface area contributed by atoms with E-state index in [0.717, 1.165) is 45.1 Å². The lowest BCUT2D eigenvalue weighted by atomic mass is 9.99. The van der Waals surface area contributed by atoms with Gasteiger partial charge in [-0.05, 0) is 74.8 Å².